The van der Waals surface area contributed by atoms with Gasteiger partial charge < -0.3 is 15.2 Å². The summed E-state index contributed by atoms with van der Waals surface area (Å²) in [5.74, 6) is 0.558. The highest BCUT2D eigenvalue weighted by atomic mass is 16.5. The van der Waals surface area contributed by atoms with Crippen LogP contribution in [0, 0.1) is 5.92 Å². The van der Waals surface area contributed by atoms with Crippen LogP contribution < -0.4 is 10.1 Å². The fourth-order valence-corrected chi connectivity index (χ4v) is 3.33. The zero-order valence-electron chi connectivity index (χ0n) is 14.6. The predicted molar refractivity (Wildman–Crippen MR) is 97.9 cm³/mol. The smallest absolute Gasteiger partial charge is 0.341 e. The molecule has 0 aliphatic heterocycles. The number of amides is 1. The molecule has 1 aliphatic rings. The molecule has 0 unspecified atom stereocenters. The first-order valence-corrected chi connectivity index (χ1v) is 8.85. The topological polar surface area (TPSA) is 75.6 Å². The maximum Gasteiger partial charge on any atom is 0.341 e. The van der Waals surface area contributed by atoms with Crippen molar-refractivity contribution in [2.45, 2.75) is 31.7 Å². The highest BCUT2D eigenvalue weighted by Crippen LogP contribution is 2.43. The molecule has 3 rings (SSSR count). The van der Waals surface area contributed by atoms with Gasteiger partial charge in [0, 0.05) is 13.0 Å². The van der Waals surface area contributed by atoms with Crippen LogP contribution in [0.2, 0.25) is 0 Å². The van der Waals surface area contributed by atoms with E-state index in [9.17, 15) is 9.59 Å². The lowest BCUT2D eigenvalue weighted by Gasteiger charge is -2.35. The van der Waals surface area contributed by atoms with Crippen LogP contribution in [0.15, 0.2) is 54.6 Å². The molecule has 136 valence electrons. The van der Waals surface area contributed by atoms with Gasteiger partial charge >= 0.3 is 5.97 Å². The van der Waals surface area contributed by atoms with Crippen LogP contribution >= 0.6 is 0 Å². The number of hydrogen-bond acceptors (Lipinski definition) is 3. The second-order valence-corrected chi connectivity index (χ2v) is 6.76. The summed E-state index contributed by atoms with van der Waals surface area (Å²) in [6.45, 7) is 0.0397. The summed E-state index contributed by atoms with van der Waals surface area (Å²) in [5, 5.41) is 11.6. The molecule has 0 bridgehead atoms. The van der Waals surface area contributed by atoms with Crippen molar-refractivity contribution < 1.29 is 19.4 Å². The molecule has 0 spiro atoms. The number of hydrogen-bond donors (Lipinski definition) is 2. The molecular formula is C21H23NO4. The normalized spacial score (nSPS) is 18.6. The minimum absolute atomic E-state index is 0.0540. The third kappa shape index (κ3) is 5.09. The lowest BCUT2D eigenvalue weighted by atomic mass is 9.70. The van der Waals surface area contributed by atoms with Gasteiger partial charge in [0.05, 0.1) is 0 Å². The first-order chi connectivity index (χ1) is 12.6. The lowest BCUT2D eigenvalue weighted by molar-refractivity contribution is -0.139. The summed E-state index contributed by atoms with van der Waals surface area (Å²) in [5.41, 5.74) is 2.25. The maximum atomic E-state index is 12.1. The fraction of sp³-hybridized carbons (Fsp3) is 0.333. The number of nitrogens with one attached hydrogen (secondary N) is 1. The maximum absolute atomic E-state index is 12.1. The number of carboxylic acid groups (broad SMARTS) is 1. The molecule has 0 heterocycles. The highest BCUT2D eigenvalue weighted by molar-refractivity contribution is 5.76. The van der Waals surface area contributed by atoms with Crippen molar-refractivity contribution in [3.05, 3.63) is 65.7 Å². The van der Waals surface area contributed by atoms with Gasteiger partial charge in [-0.25, -0.2) is 4.79 Å². The van der Waals surface area contributed by atoms with E-state index in [1.54, 1.807) is 18.2 Å². The van der Waals surface area contributed by atoms with Crippen LogP contribution in [0.3, 0.4) is 0 Å². The molecule has 0 saturated heterocycles. The summed E-state index contributed by atoms with van der Waals surface area (Å²) >= 11 is 0. The van der Waals surface area contributed by atoms with E-state index in [2.05, 4.69) is 29.6 Å². The number of carbonyl (C=O) groups excluding carboxylic acids is 1. The first-order valence-electron chi connectivity index (χ1n) is 8.85. The molecule has 1 saturated carbocycles. The van der Waals surface area contributed by atoms with Crippen molar-refractivity contribution in [1.82, 2.24) is 5.32 Å². The van der Waals surface area contributed by atoms with E-state index in [1.165, 1.54) is 5.56 Å². The Morgan fingerprint density at radius 1 is 1.08 bits per heavy atom. The molecule has 5 nitrogen and oxygen atoms in total. The number of benzene rings is 2. The second kappa shape index (κ2) is 8.52. The van der Waals surface area contributed by atoms with Crippen molar-refractivity contribution in [1.29, 1.82) is 0 Å². The average Bonchev–Trinajstić information content (AvgIpc) is 2.62. The van der Waals surface area contributed by atoms with Crippen molar-refractivity contribution in [3.8, 4) is 5.75 Å². The third-order valence-corrected chi connectivity index (χ3v) is 4.73. The first kappa shape index (κ1) is 18.0. The van der Waals surface area contributed by atoms with Gasteiger partial charge in [0.25, 0.3) is 0 Å². The number of aliphatic carboxylic acids is 1. The Labute approximate surface area is 153 Å². The van der Waals surface area contributed by atoms with Gasteiger partial charge in [0.2, 0.25) is 5.91 Å². The summed E-state index contributed by atoms with van der Waals surface area (Å²) < 4.78 is 5.15. The molecule has 1 aliphatic carbocycles. The number of carbonyl (C=O) groups is 2. The van der Waals surface area contributed by atoms with Crippen LogP contribution in [0.5, 0.6) is 5.75 Å². The number of carboxylic acids is 1. The molecule has 2 N–H and O–H groups in total. The zero-order valence-corrected chi connectivity index (χ0v) is 14.6. The van der Waals surface area contributed by atoms with Crippen molar-refractivity contribution >= 4 is 11.9 Å². The van der Waals surface area contributed by atoms with Crippen LogP contribution in [0.4, 0.5) is 0 Å². The van der Waals surface area contributed by atoms with Crippen LogP contribution in [-0.2, 0) is 16.1 Å². The van der Waals surface area contributed by atoms with Gasteiger partial charge in [-0.15, -0.1) is 0 Å². The molecule has 5 heteroatoms. The minimum Gasteiger partial charge on any atom is -0.482 e. The molecular weight excluding hydrogens is 330 g/mol. The molecule has 0 atom stereocenters. The fourth-order valence-electron chi connectivity index (χ4n) is 3.33. The molecule has 0 aromatic heterocycles. The number of ether oxygens (including phenoxy) is 1. The van der Waals surface area contributed by atoms with E-state index in [-0.39, 0.29) is 12.5 Å². The van der Waals surface area contributed by atoms with E-state index < -0.39 is 5.97 Å². The minimum atomic E-state index is -1.02. The van der Waals surface area contributed by atoms with Gasteiger partial charge in [-0.1, -0.05) is 42.5 Å². The largest absolute Gasteiger partial charge is 0.482 e. The molecule has 1 fully saturated rings. The molecule has 2 aromatic carbocycles. The van der Waals surface area contributed by atoms with Crippen LogP contribution in [-0.4, -0.2) is 23.6 Å². The lowest BCUT2D eigenvalue weighted by Crippen LogP contribution is -2.30. The molecule has 0 radical (unpaired) electrons. The predicted octanol–water partition coefficient (Wildman–Crippen LogP) is 3.35. The van der Waals surface area contributed by atoms with Gasteiger partial charge in [-0.2, -0.15) is 0 Å². The monoisotopic (exact) mass is 353 g/mol. The van der Waals surface area contributed by atoms with E-state index in [1.807, 2.05) is 12.1 Å². The molecule has 2 aromatic rings. The highest BCUT2D eigenvalue weighted by Gasteiger charge is 2.31. The average molecular weight is 353 g/mol. The van der Waals surface area contributed by atoms with E-state index in [4.69, 9.17) is 9.84 Å². The summed E-state index contributed by atoms with van der Waals surface area (Å²) in [7, 11) is 0. The van der Waals surface area contributed by atoms with Crippen molar-refractivity contribution in [2.24, 2.45) is 5.92 Å². The Kier molecular flexibility index (Phi) is 5.89. The number of rotatable bonds is 8. The van der Waals surface area contributed by atoms with Gasteiger partial charge in [0.1, 0.15) is 5.75 Å². The summed E-state index contributed by atoms with van der Waals surface area (Å²) in [6, 6.07) is 17.6. The summed E-state index contributed by atoms with van der Waals surface area (Å²) in [6.07, 6.45) is 2.68. The standard InChI is InChI=1S/C21H23NO4/c23-20(12-16-9-18(10-16)17-6-2-1-3-7-17)22-13-15-5-4-8-19(11-15)26-14-21(24)25/h1-8,11,16,18H,9-10,12-14H2,(H,22,23)(H,24,25). The van der Waals surface area contributed by atoms with Gasteiger partial charge in [-0.3, -0.25) is 4.79 Å². The van der Waals surface area contributed by atoms with Crippen LogP contribution in [0.25, 0.3) is 0 Å². The van der Waals surface area contributed by atoms with Gasteiger partial charge in [-0.05, 0) is 47.9 Å². The second-order valence-electron chi connectivity index (χ2n) is 6.76. The van der Waals surface area contributed by atoms with Crippen molar-refractivity contribution in [3.63, 3.8) is 0 Å². The van der Waals surface area contributed by atoms with E-state index >= 15 is 0 Å². The Hall–Kier alpha value is -2.82. The molecule has 1 amide bonds. The Bertz CT molecular complexity index is 754. The Morgan fingerprint density at radius 2 is 1.85 bits per heavy atom. The zero-order chi connectivity index (χ0) is 18.4. The third-order valence-electron chi connectivity index (χ3n) is 4.73. The van der Waals surface area contributed by atoms with E-state index in [0.29, 0.717) is 30.6 Å². The van der Waals surface area contributed by atoms with Crippen molar-refractivity contribution in [2.75, 3.05) is 6.61 Å². The Morgan fingerprint density at radius 3 is 2.58 bits per heavy atom. The SMILES string of the molecule is O=C(O)COc1cccc(CNC(=O)CC2CC(c3ccccc3)C2)c1. The summed E-state index contributed by atoms with van der Waals surface area (Å²) in [4.78, 5) is 22.7. The van der Waals surface area contributed by atoms with Gasteiger partial charge in [0.15, 0.2) is 6.61 Å². The molecule has 26 heavy (non-hydrogen) atoms. The van der Waals surface area contributed by atoms with Crippen LogP contribution in [0.1, 0.15) is 36.3 Å². The quantitative estimate of drug-likeness (QED) is 0.763. The van der Waals surface area contributed by atoms with E-state index in [0.717, 1.165) is 18.4 Å². The Balaban J connectivity index is 1.40.